The van der Waals surface area contributed by atoms with E-state index in [2.05, 4.69) is 10.6 Å². The molecule has 2 N–H and O–H groups in total. The van der Waals surface area contributed by atoms with Crippen LogP contribution in [0.1, 0.15) is 12.5 Å². The lowest BCUT2D eigenvalue weighted by molar-refractivity contribution is -0.385. The molecule has 16 heavy (non-hydrogen) atoms. The van der Waals surface area contributed by atoms with Crippen molar-refractivity contribution in [3.05, 3.63) is 33.9 Å². The summed E-state index contributed by atoms with van der Waals surface area (Å²) in [6, 6.07) is 4.18. The minimum Gasteiger partial charge on any atom is -0.338 e. The molecule has 0 fully saturated rings. The molecule has 0 aliphatic rings. The van der Waals surface area contributed by atoms with Gasteiger partial charge in [-0.25, -0.2) is 4.79 Å². The number of rotatable bonds is 3. The number of urea groups is 1. The lowest BCUT2D eigenvalue weighted by Crippen LogP contribution is -2.28. The van der Waals surface area contributed by atoms with Crippen molar-refractivity contribution < 1.29 is 9.72 Å². The van der Waals surface area contributed by atoms with Gasteiger partial charge in [0, 0.05) is 23.9 Å². The van der Waals surface area contributed by atoms with Crippen molar-refractivity contribution in [1.29, 1.82) is 0 Å². The summed E-state index contributed by atoms with van der Waals surface area (Å²) in [4.78, 5) is 21.4. The fraction of sp³-hybridized carbons (Fsp3) is 0.300. The van der Waals surface area contributed by atoms with Crippen molar-refractivity contribution in [2.75, 3.05) is 11.9 Å². The molecule has 0 bridgehead atoms. The van der Waals surface area contributed by atoms with E-state index in [1.54, 1.807) is 26.0 Å². The minimum absolute atomic E-state index is 0.00528. The quantitative estimate of drug-likeness (QED) is 0.607. The first kappa shape index (κ1) is 12.0. The van der Waals surface area contributed by atoms with E-state index in [0.717, 1.165) is 0 Å². The normalized spacial score (nSPS) is 9.62. The first-order valence-electron chi connectivity index (χ1n) is 4.84. The van der Waals surface area contributed by atoms with Crippen LogP contribution in [0.3, 0.4) is 0 Å². The van der Waals surface area contributed by atoms with Gasteiger partial charge in [0.1, 0.15) is 0 Å². The van der Waals surface area contributed by atoms with Crippen molar-refractivity contribution in [3.8, 4) is 0 Å². The maximum Gasteiger partial charge on any atom is 0.319 e. The third-order valence-electron chi connectivity index (χ3n) is 2.00. The summed E-state index contributed by atoms with van der Waals surface area (Å²) in [5, 5.41) is 15.7. The summed E-state index contributed by atoms with van der Waals surface area (Å²) in [5.41, 5.74) is 0.962. The van der Waals surface area contributed by atoms with Crippen LogP contribution in [0.15, 0.2) is 18.2 Å². The van der Waals surface area contributed by atoms with Gasteiger partial charge in [-0.1, -0.05) is 6.07 Å². The molecule has 0 atom stereocenters. The average molecular weight is 223 g/mol. The van der Waals surface area contributed by atoms with E-state index < -0.39 is 4.92 Å². The third-order valence-corrected chi connectivity index (χ3v) is 2.00. The predicted molar refractivity (Wildman–Crippen MR) is 60.5 cm³/mol. The highest BCUT2D eigenvalue weighted by atomic mass is 16.6. The van der Waals surface area contributed by atoms with Crippen LogP contribution in [0.25, 0.3) is 0 Å². The van der Waals surface area contributed by atoms with Crippen molar-refractivity contribution in [1.82, 2.24) is 5.32 Å². The molecule has 0 radical (unpaired) electrons. The smallest absolute Gasteiger partial charge is 0.319 e. The van der Waals surface area contributed by atoms with Gasteiger partial charge >= 0.3 is 6.03 Å². The molecule has 1 aromatic rings. The number of anilines is 1. The average Bonchev–Trinajstić information content (AvgIpc) is 2.21. The molecule has 6 nitrogen and oxygen atoms in total. The van der Waals surface area contributed by atoms with E-state index in [9.17, 15) is 14.9 Å². The van der Waals surface area contributed by atoms with Gasteiger partial charge < -0.3 is 10.6 Å². The largest absolute Gasteiger partial charge is 0.338 e. The zero-order valence-corrected chi connectivity index (χ0v) is 9.11. The second-order valence-electron chi connectivity index (χ2n) is 3.24. The molecule has 0 aliphatic carbocycles. The van der Waals surface area contributed by atoms with Gasteiger partial charge in [-0.3, -0.25) is 10.1 Å². The fourth-order valence-corrected chi connectivity index (χ4v) is 1.22. The van der Waals surface area contributed by atoms with E-state index in [4.69, 9.17) is 0 Å². The Hall–Kier alpha value is -2.11. The Morgan fingerprint density at radius 2 is 2.19 bits per heavy atom. The number of aryl methyl sites for hydroxylation is 1. The van der Waals surface area contributed by atoms with Gasteiger partial charge in [0.25, 0.3) is 5.69 Å². The molecule has 0 aliphatic heterocycles. The summed E-state index contributed by atoms with van der Waals surface area (Å²) in [6.07, 6.45) is 0. The molecule has 0 saturated heterocycles. The monoisotopic (exact) mass is 223 g/mol. The highest BCUT2D eigenvalue weighted by molar-refractivity contribution is 5.89. The van der Waals surface area contributed by atoms with Crippen LogP contribution in [0.4, 0.5) is 16.2 Å². The number of carbonyl (C=O) groups is 1. The van der Waals surface area contributed by atoms with Crippen molar-refractivity contribution >= 4 is 17.4 Å². The number of benzene rings is 1. The molecular formula is C10H13N3O3. The Labute approximate surface area is 92.8 Å². The molecule has 1 aromatic carbocycles. The van der Waals surface area contributed by atoms with Crippen LogP contribution in [0, 0.1) is 17.0 Å². The van der Waals surface area contributed by atoms with Gasteiger partial charge in [-0.05, 0) is 19.9 Å². The van der Waals surface area contributed by atoms with Gasteiger partial charge in [0.15, 0.2) is 0 Å². The van der Waals surface area contributed by atoms with Crippen molar-refractivity contribution in [2.45, 2.75) is 13.8 Å². The Kier molecular flexibility index (Phi) is 3.82. The topological polar surface area (TPSA) is 84.3 Å². The number of amides is 2. The summed E-state index contributed by atoms with van der Waals surface area (Å²) in [7, 11) is 0. The van der Waals surface area contributed by atoms with E-state index in [-0.39, 0.29) is 11.7 Å². The number of hydrogen-bond acceptors (Lipinski definition) is 3. The SMILES string of the molecule is CCNC(=O)Nc1ccc(C)c([N+](=O)[O-])c1. The van der Waals surface area contributed by atoms with E-state index >= 15 is 0 Å². The molecular weight excluding hydrogens is 210 g/mol. The first-order chi connectivity index (χ1) is 7.54. The van der Waals surface area contributed by atoms with Gasteiger partial charge in [-0.2, -0.15) is 0 Å². The number of nitrogens with one attached hydrogen (secondary N) is 2. The first-order valence-corrected chi connectivity index (χ1v) is 4.84. The molecule has 0 unspecified atom stereocenters. The summed E-state index contributed by atoms with van der Waals surface area (Å²) in [6.45, 7) is 3.94. The van der Waals surface area contributed by atoms with Gasteiger partial charge in [-0.15, -0.1) is 0 Å². The maximum atomic E-state index is 11.2. The van der Waals surface area contributed by atoms with Crippen LogP contribution in [-0.2, 0) is 0 Å². The van der Waals surface area contributed by atoms with E-state index in [0.29, 0.717) is 17.8 Å². The zero-order chi connectivity index (χ0) is 12.1. The molecule has 0 aromatic heterocycles. The standard InChI is InChI=1S/C10H13N3O3/c1-3-11-10(14)12-8-5-4-7(2)9(6-8)13(15)16/h4-6H,3H2,1-2H3,(H2,11,12,14). The molecule has 2 amide bonds. The Bertz CT molecular complexity index is 418. The Morgan fingerprint density at radius 1 is 1.50 bits per heavy atom. The molecule has 0 spiro atoms. The number of hydrogen-bond donors (Lipinski definition) is 2. The van der Waals surface area contributed by atoms with Gasteiger partial charge in [0.05, 0.1) is 4.92 Å². The highest BCUT2D eigenvalue weighted by Gasteiger charge is 2.11. The zero-order valence-electron chi connectivity index (χ0n) is 9.11. The molecule has 86 valence electrons. The van der Waals surface area contributed by atoms with Crippen LogP contribution in [0.5, 0.6) is 0 Å². The van der Waals surface area contributed by atoms with Crippen LogP contribution < -0.4 is 10.6 Å². The molecule has 6 heteroatoms. The van der Waals surface area contributed by atoms with Crippen LogP contribution in [0.2, 0.25) is 0 Å². The van der Waals surface area contributed by atoms with Crippen molar-refractivity contribution in [2.24, 2.45) is 0 Å². The summed E-state index contributed by atoms with van der Waals surface area (Å²) >= 11 is 0. The highest BCUT2D eigenvalue weighted by Crippen LogP contribution is 2.21. The number of nitrogens with zero attached hydrogens (tertiary/aromatic N) is 1. The van der Waals surface area contributed by atoms with Crippen LogP contribution >= 0.6 is 0 Å². The fourth-order valence-electron chi connectivity index (χ4n) is 1.22. The second kappa shape index (κ2) is 5.11. The number of nitro benzene ring substituents is 1. The third kappa shape index (κ3) is 2.94. The van der Waals surface area contributed by atoms with E-state index in [1.165, 1.54) is 6.07 Å². The summed E-state index contributed by atoms with van der Waals surface area (Å²) in [5.74, 6) is 0. The van der Waals surface area contributed by atoms with Crippen molar-refractivity contribution in [3.63, 3.8) is 0 Å². The number of carbonyl (C=O) groups excluding carboxylic acids is 1. The summed E-state index contributed by atoms with van der Waals surface area (Å²) < 4.78 is 0. The van der Waals surface area contributed by atoms with Gasteiger partial charge in [0.2, 0.25) is 0 Å². The predicted octanol–water partition coefficient (Wildman–Crippen LogP) is 2.04. The van der Waals surface area contributed by atoms with Crippen LogP contribution in [-0.4, -0.2) is 17.5 Å². The lowest BCUT2D eigenvalue weighted by Gasteiger charge is -2.06. The Morgan fingerprint density at radius 3 is 2.75 bits per heavy atom. The molecule has 1 rings (SSSR count). The lowest BCUT2D eigenvalue weighted by atomic mass is 10.2. The number of nitro groups is 1. The molecule has 0 heterocycles. The van der Waals surface area contributed by atoms with E-state index in [1.807, 2.05) is 0 Å². The minimum atomic E-state index is -0.474. The molecule has 0 saturated carbocycles. The second-order valence-corrected chi connectivity index (χ2v) is 3.24. The Balaban J connectivity index is 2.87. The maximum absolute atomic E-state index is 11.2.